The van der Waals surface area contributed by atoms with E-state index < -0.39 is 11.4 Å². The van der Waals surface area contributed by atoms with Crippen LogP contribution in [0.4, 0.5) is 4.39 Å². The summed E-state index contributed by atoms with van der Waals surface area (Å²) in [7, 11) is 0. The largest absolute Gasteiger partial charge is 0.294 e. The minimum Gasteiger partial charge on any atom is -0.294 e. The smallest absolute Gasteiger partial charge is 0.265 e. The predicted octanol–water partition coefficient (Wildman–Crippen LogP) is 0.949. The molecule has 0 saturated heterocycles. The summed E-state index contributed by atoms with van der Waals surface area (Å²) in [6, 6.07) is 7.43. The van der Waals surface area contributed by atoms with E-state index in [4.69, 9.17) is 0 Å². The Morgan fingerprint density at radius 2 is 1.79 bits per heavy atom. The molecule has 0 saturated carbocycles. The van der Waals surface area contributed by atoms with E-state index in [1.54, 1.807) is 0 Å². The molecule has 5 nitrogen and oxygen atoms in total. The summed E-state index contributed by atoms with van der Waals surface area (Å²) in [5.41, 5.74) is -0.423. The van der Waals surface area contributed by atoms with Crippen LogP contribution in [-0.2, 0) is 6.54 Å². The lowest BCUT2D eigenvalue weighted by atomic mass is 10.1. The molecule has 19 heavy (non-hydrogen) atoms. The summed E-state index contributed by atoms with van der Waals surface area (Å²) in [4.78, 5) is 34.2. The molecule has 98 valence electrons. The van der Waals surface area contributed by atoms with Gasteiger partial charge in [0, 0.05) is 24.1 Å². The molecule has 1 N–H and O–H groups in total. The van der Waals surface area contributed by atoms with Crippen LogP contribution in [0.25, 0.3) is 0 Å². The average molecular weight is 262 g/mol. The number of aromatic amines is 1. The van der Waals surface area contributed by atoms with E-state index in [-0.39, 0.29) is 24.3 Å². The van der Waals surface area contributed by atoms with E-state index in [1.807, 2.05) is 0 Å². The third-order valence-corrected chi connectivity index (χ3v) is 2.62. The van der Waals surface area contributed by atoms with Crippen LogP contribution in [0, 0.1) is 5.82 Å². The molecule has 1 aromatic carbocycles. The number of Topliss-reactive ketones (excluding diaryl/α,β-unsaturated/α-hetero) is 1. The Kier molecular flexibility index (Phi) is 3.70. The predicted molar refractivity (Wildman–Crippen MR) is 66.7 cm³/mol. The van der Waals surface area contributed by atoms with Crippen molar-refractivity contribution in [2.45, 2.75) is 13.0 Å². The van der Waals surface area contributed by atoms with E-state index in [9.17, 15) is 18.8 Å². The number of nitrogens with zero attached hydrogens (tertiary/aromatic N) is 1. The molecule has 0 bridgehead atoms. The van der Waals surface area contributed by atoms with Crippen LogP contribution in [0.5, 0.6) is 0 Å². The number of aryl methyl sites for hydroxylation is 1. The number of benzene rings is 1. The molecule has 0 fully saturated rings. The van der Waals surface area contributed by atoms with Crippen LogP contribution >= 0.6 is 0 Å². The highest BCUT2D eigenvalue weighted by Crippen LogP contribution is 2.06. The molecule has 0 aliphatic heterocycles. The van der Waals surface area contributed by atoms with E-state index >= 15 is 0 Å². The van der Waals surface area contributed by atoms with Gasteiger partial charge in [-0.1, -0.05) is 0 Å². The minimum atomic E-state index is -0.417. The van der Waals surface area contributed by atoms with Crippen molar-refractivity contribution in [2.24, 2.45) is 0 Å². The SMILES string of the molecule is O=C(CCn1[nH]c(=O)ccc1=O)c1ccc(F)cc1. The van der Waals surface area contributed by atoms with Crippen LogP contribution in [0.1, 0.15) is 16.8 Å². The fourth-order valence-electron chi connectivity index (χ4n) is 1.62. The summed E-state index contributed by atoms with van der Waals surface area (Å²) < 4.78 is 13.8. The topological polar surface area (TPSA) is 71.9 Å². The molecule has 0 amide bonds. The summed E-state index contributed by atoms with van der Waals surface area (Å²) in [6.45, 7) is 0.0745. The maximum absolute atomic E-state index is 12.7. The summed E-state index contributed by atoms with van der Waals surface area (Å²) in [5, 5.41) is 2.33. The molecular weight excluding hydrogens is 251 g/mol. The lowest BCUT2D eigenvalue weighted by Gasteiger charge is -2.04. The van der Waals surface area contributed by atoms with Crippen molar-refractivity contribution in [1.29, 1.82) is 0 Å². The maximum atomic E-state index is 12.7. The summed E-state index contributed by atoms with van der Waals surface area (Å²) >= 11 is 0. The van der Waals surface area contributed by atoms with Crippen LogP contribution in [-0.4, -0.2) is 15.6 Å². The Morgan fingerprint density at radius 1 is 1.11 bits per heavy atom. The second-order valence-electron chi connectivity index (χ2n) is 3.98. The van der Waals surface area contributed by atoms with Gasteiger partial charge >= 0.3 is 0 Å². The molecule has 0 unspecified atom stereocenters. The van der Waals surface area contributed by atoms with Gasteiger partial charge in [0.1, 0.15) is 5.82 Å². The van der Waals surface area contributed by atoms with Crippen molar-refractivity contribution < 1.29 is 9.18 Å². The van der Waals surface area contributed by atoms with Gasteiger partial charge in [0.05, 0.1) is 6.54 Å². The van der Waals surface area contributed by atoms with Gasteiger partial charge < -0.3 is 0 Å². The highest BCUT2D eigenvalue weighted by Gasteiger charge is 2.07. The third kappa shape index (κ3) is 3.25. The quantitative estimate of drug-likeness (QED) is 0.834. The maximum Gasteiger partial charge on any atom is 0.265 e. The number of rotatable bonds is 4. The molecule has 6 heteroatoms. The van der Waals surface area contributed by atoms with Crippen LogP contribution < -0.4 is 11.1 Å². The Bertz CT molecular complexity index is 701. The van der Waals surface area contributed by atoms with Crippen molar-refractivity contribution in [3.63, 3.8) is 0 Å². The van der Waals surface area contributed by atoms with Gasteiger partial charge in [0.15, 0.2) is 5.78 Å². The van der Waals surface area contributed by atoms with Gasteiger partial charge in [0.25, 0.3) is 11.1 Å². The first-order valence-corrected chi connectivity index (χ1v) is 5.65. The first-order valence-electron chi connectivity index (χ1n) is 5.65. The zero-order valence-corrected chi connectivity index (χ0v) is 9.93. The van der Waals surface area contributed by atoms with Gasteiger partial charge in [-0.2, -0.15) is 0 Å². The molecule has 1 aromatic heterocycles. The molecule has 0 radical (unpaired) electrons. The second-order valence-corrected chi connectivity index (χ2v) is 3.98. The van der Waals surface area contributed by atoms with Crippen molar-refractivity contribution in [3.05, 3.63) is 68.5 Å². The lowest BCUT2D eigenvalue weighted by Crippen LogP contribution is -2.28. The van der Waals surface area contributed by atoms with E-state index in [2.05, 4.69) is 5.10 Å². The second kappa shape index (κ2) is 5.43. The lowest BCUT2D eigenvalue weighted by molar-refractivity contribution is 0.0975. The Morgan fingerprint density at radius 3 is 2.47 bits per heavy atom. The molecule has 0 aliphatic rings. The number of H-pyrrole nitrogens is 1. The monoisotopic (exact) mass is 262 g/mol. The standard InChI is InChI=1S/C13H11FN2O3/c14-10-3-1-9(2-4-10)11(17)7-8-16-13(19)6-5-12(18)15-16/h1-6H,7-8H2,(H,15,18). The molecule has 1 heterocycles. The highest BCUT2D eigenvalue weighted by atomic mass is 19.1. The van der Waals surface area contributed by atoms with Crippen LogP contribution in [0.2, 0.25) is 0 Å². The van der Waals surface area contributed by atoms with Crippen molar-refractivity contribution in [1.82, 2.24) is 9.78 Å². The first kappa shape index (κ1) is 12.9. The van der Waals surface area contributed by atoms with Crippen LogP contribution in [0.15, 0.2) is 46.0 Å². The number of ketones is 1. The molecular formula is C13H11FN2O3. The molecule has 0 atom stereocenters. The number of hydrogen-bond acceptors (Lipinski definition) is 3. The van der Waals surface area contributed by atoms with Gasteiger partial charge in [-0.25, -0.2) is 9.07 Å². The zero-order valence-electron chi connectivity index (χ0n) is 9.93. The number of halogens is 1. The van der Waals surface area contributed by atoms with Gasteiger partial charge in [-0.15, -0.1) is 0 Å². The molecule has 0 spiro atoms. The Hall–Kier alpha value is -2.50. The zero-order chi connectivity index (χ0) is 13.8. The van der Waals surface area contributed by atoms with Crippen molar-refractivity contribution in [2.75, 3.05) is 0 Å². The summed E-state index contributed by atoms with van der Waals surface area (Å²) in [6.07, 6.45) is 0.0471. The fraction of sp³-hybridized carbons (Fsp3) is 0.154. The first-order chi connectivity index (χ1) is 9.06. The number of carbonyl (C=O) groups is 1. The third-order valence-electron chi connectivity index (χ3n) is 2.62. The molecule has 2 rings (SSSR count). The average Bonchev–Trinajstić information content (AvgIpc) is 2.40. The van der Waals surface area contributed by atoms with E-state index in [1.165, 1.54) is 24.3 Å². The number of aromatic nitrogens is 2. The van der Waals surface area contributed by atoms with Gasteiger partial charge in [0.2, 0.25) is 0 Å². The Labute approximate surface area is 107 Å². The number of carbonyl (C=O) groups excluding carboxylic acids is 1. The summed E-state index contributed by atoms with van der Waals surface area (Å²) in [5.74, 6) is -0.642. The number of nitrogens with one attached hydrogen (secondary N) is 1. The van der Waals surface area contributed by atoms with E-state index in [0.29, 0.717) is 5.56 Å². The van der Waals surface area contributed by atoms with Crippen molar-refractivity contribution in [3.8, 4) is 0 Å². The van der Waals surface area contributed by atoms with Gasteiger partial charge in [-0.05, 0) is 24.3 Å². The highest BCUT2D eigenvalue weighted by molar-refractivity contribution is 5.95. The van der Waals surface area contributed by atoms with Crippen LogP contribution in [0.3, 0.4) is 0 Å². The molecule has 2 aromatic rings. The minimum absolute atomic E-state index is 0.0471. The molecule has 0 aliphatic carbocycles. The van der Waals surface area contributed by atoms with E-state index in [0.717, 1.165) is 16.8 Å². The Balaban J connectivity index is 2.08. The van der Waals surface area contributed by atoms with Gasteiger partial charge in [-0.3, -0.25) is 19.5 Å². The van der Waals surface area contributed by atoms with Crippen molar-refractivity contribution >= 4 is 5.78 Å². The number of hydrogen-bond donors (Lipinski definition) is 1. The normalized spacial score (nSPS) is 10.4. The fourth-order valence-corrected chi connectivity index (χ4v) is 1.62.